The molecule has 1 aromatic heterocycles. The molecule has 1 aliphatic rings. The van der Waals surface area contributed by atoms with Crippen molar-refractivity contribution in [3.05, 3.63) is 34.2 Å². The number of benzene rings is 1. The van der Waals surface area contributed by atoms with Gasteiger partial charge in [0, 0.05) is 47.7 Å². The number of carbonyl (C=O) groups is 1. The summed E-state index contributed by atoms with van der Waals surface area (Å²) in [7, 11) is 1.97. The molecular weight excluding hydrogens is 353 g/mol. The van der Waals surface area contributed by atoms with Crippen molar-refractivity contribution in [2.75, 3.05) is 39.8 Å². The quantitative estimate of drug-likeness (QED) is 0.894. The summed E-state index contributed by atoms with van der Waals surface area (Å²) in [5.41, 5.74) is 0. The Labute approximate surface area is 151 Å². The van der Waals surface area contributed by atoms with E-state index in [1.807, 2.05) is 35.0 Å². The first kappa shape index (κ1) is 18.5. The van der Waals surface area contributed by atoms with Crippen LogP contribution in [0.3, 0.4) is 0 Å². The van der Waals surface area contributed by atoms with E-state index >= 15 is 0 Å². The maximum absolute atomic E-state index is 12.3. The standard InChI is InChI=1S/C16H20ClN3OS.ClH/c1-19(11-15(21)20-8-6-18-7-9-20)10-14-16(17)12-4-2-3-5-13(12)22-14;/h2-5,18H,6-11H2,1H3;1H. The predicted octanol–water partition coefficient (Wildman–Crippen LogP) is 2.84. The molecule has 1 N–H and O–H groups in total. The highest BCUT2D eigenvalue weighted by molar-refractivity contribution is 7.19. The van der Waals surface area contributed by atoms with E-state index in [0.29, 0.717) is 13.1 Å². The number of carbonyl (C=O) groups excluding carboxylic acids is 1. The third-order valence-corrected chi connectivity index (χ3v) is 5.59. The molecule has 0 atom stereocenters. The highest BCUT2D eigenvalue weighted by Gasteiger charge is 2.19. The fourth-order valence-electron chi connectivity index (χ4n) is 2.71. The summed E-state index contributed by atoms with van der Waals surface area (Å²) in [6.07, 6.45) is 0. The molecule has 0 bridgehead atoms. The molecule has 0 radical (unpaired) electrons. The Morgan fingerprint density at radius 3 is 2.74 bits per heavy atom. The van der Waals surface area contributed by atoms with Crippen LogP contribution in [0.2, 0.25) is 5.02 Å². The van der Waals surface area contributed by atoms with Gasteiger partial charge in [-0.2, -0.15) is 0 Å². The van der Waals surface area contributed by atoms with Gasteiger partial charge in [-0.3, -0.25) is 9.69 Å². The molecule has 1 saturated heterocycles. The lowest BCUT2D eigenvalue weighted by Gasteiger charge is -2.29. The van der Waals surface area contributed by atoms with Crippen molar-refractivity contribution in [3.8, 4) is 0 Å². The lowest BCUT2D eigenvalue weighted by Crippen LogP contribution is -2.49. The third kappa shape index (κ3) is 4.37. The molecule has 23 heavy (non-hydrogen) atoms. The van der Waals surface area contributed by atoms with E-state index in [4.69, 9.17) is 11.6 Å². The zero-order valence-electron chi connectivity index (χ0n) is 13.0. The zero-order chi connectivity index (χ0) is 15.5. The monoisotopic (exact) mass is 373 g/mol. The Morgan fingerprint density at radius 1 is 1.35 bits per heavy atom. The zero-order valence-corrected chi connectivity index (χ0v) is 15.4. The Hall–Kier alpha value is -0.850. The van der Waals surface area contributed by atoms with Gasteiger partial charge in [0.25, 0.3) is 0 Å². The van der Waals surface area contributed by atoms with Crippen LogP contribution in [0.15, 0.2) is 24.3 Å². The smallest absolute Gasteiger partial charge is 0.236 e. The van der Waals surface area contributed by atoms with Gasteiger partial charge in [0.2, 0.25) is 5.91 Å². The predicted molar refractivity (Wildman–Crippen MR) is 99.9 cm³/mol. The van der Waals surface area contributed by atoms with E-state index in [2.05, 4.69) is 11.4 Å². The van der Waals surface area contributed by atoms with Gasteiger partial charge in [-0.1, -0.05) is 29.8 Å². The molecule has 0 spiro atoms. The molecule has 0 saturated carbocycles. The Kier molecular flexibility index (Phi) is 6.68. The molecule has 2 heterocycles. The SMILES string of the molecule is CN(CC(=O)N1CCNCC1)Cc1sc2ccccc2c1Cl.Cl. The number of hydrogen-bond donors (Lipinski definition) is 1. The third-order valence-electron chi connectivity index (χ3n) is 3.89. The first-order valence-electron chi connectivity index (χ1n) is 7.48. The molecule has 126 valence electrons. The van der Waals surface area contributed by atoms with Crippen molar-refractivity contribution in [2.45, 2.75) is 6.54 Å². The van der Waals surface area contributed by atoms with Crippen LogP contribution in [0.5, 0.6) is 0 Å². The van der Waals surface area contributed by atoms with Crippen molar-refractivity contribution < 1.29 is 4.79 Å². The number of halogens is 2. The molecule has 1 fully saturated rings. The van der Waals surface area contributed by atoms with Gasteiger partial charge in [0.05, 0.1) is 11.6 Å². The summed E-state index contributed by atoms with van der Waals surface area (Å²) in [6.45, 7) is 4.52. The van der Waals surface area contributed by atoms with Gasteiger partial charge in [-0.15, -0.1) is 23.7 Å². The molecule has 1 aliphatic heterocycles. The molecular formula is C16H21Cl2N3OS. The second-order valence-electron chi connectivity index (χ2n) is 5.64. The number of piperazine rings is 1. The van der Waals surface area contributed by atoms with Crippen LogP contribution in [0.4, 0.5) is 0 Å². The van der Waals surface area contributed by atoms with E-state index in [-0.39, 0.29) is 18.3 Å². The summed E-state index contributed by atoms with van der Waals surface area (Å²) in [6, 6.07) is 8.16. The second kappa shape index (κ2) is 8.31. The van der Waals surface area contributed by atoms with Gasteiger partial charge in [-0.05, 0) is 13.1 Å². The van der Waals surface area contributed by atoms with Crippen LogP contribution >= 0.6 is 35.3 Å². The fraction of sp³-hybridized carbons (Fsp3) is 0.438. The molecule has 4 nitrogen and oxygen atoms in total. The van der Waals surface area contributed by atoms with Crippen molar-refractivity contribution in [3.63, 3.8) is 0 Å². The van der Waals surface area contributed by atoms with Gasteiger partial charge >= 0.3 is 0 Å². The van der Waals surface area contributed by atoms with Crippen LogP contribution in [-0.2, 0) is 11.3 Å². The average Bonchev–Trinajstić information content (AvgIpc) is 2.84. The molecule has 3 rings (SSSR count). The summed E-state index contributed by atoms with van der Waals surface area (Å²) in [5, 5.41) is 5.19. The maximum Gasteiger partial charge on any atom is 0.236 e. The second-order valence-corrected chi connectivity index (χ2v) is 7.15. The number of nitrogens with zero attached hydrogens (tertiary/aromatic N) is 2. The number of fused-ring (bicyclic) bond motifs is 1. The van der Waals surface area contributed by atoms with Crippen LogP contribution in [0.25, 0.3) is 10.1 Å². The molecule has 1 aromatic carbocycles. The minimum absolute atomic E-state index is 0. The lowest BCUT2D eigenvalue weighted by molar-refractivity contribution is -0.132. The van der Waals surface area contributed by atoms with Crippen LogP contribution in [-0.4, -0.2) is 55.5 Å². The summed E-state index contributed by atoms with van der Waals surface area (Å²) >= 11 is 8.17. The molecule has 2 aromatic rings. The number of hydrogen-bond acceptors (Lipinski definition) is 4. The topological polar surface area (TPSA) is 35.6 Å². The minimum Gasteiger partial charge on any atom is -0.339 e. The Bertz CT molecular complexity index is 670. The van der Waals surface area contributed by atoms with Gasteiger partial charge < -0.3 is 10.2 Å². The van der Waals surface area contributed by atoms with Crippen molar-refractivity contribution >= 4 is 51.3 Å². The lowest BCUT2D eigenvalue weighted by atomic mass is 10.2. The minimum atomic E-state index is 0. The molecule has 0 aliphatic carbocycles. The van der Waals surface area contributed by atoms with Crippen LogP contribution < -0.4 is 5.32 Å². The summed E-state index contributed by atoms with van der Waals surface area (Å²) in [4.78, 5) is 17.4. The highest BCUT2D eigenvalue weighted by Crippen LogP contribution is 2.35. The Balaban J connectivity index is 0.00000192. The van der Waals surface area contributed by atoms with E-state index in [0.717, 1.165) is 41.5 Å². The molecule has 7 heteroatoms. The number of amides is 1. The van der Waals surface area contributed by atoms with E-state index in [1.54, 1.807) is 11.3 Å². The van der Waals surface area contributed by atoms with E-state index in [1.165, 1.54) is 4.70 Å². The molecule has 1 amide bonds. The maximum atomic E-state index is 12.3. The number of likely N-dealkylation sites (N-methyl/N-ethyl adjacent to an activating group) is 1. The Morgan fingerprint density at radius 2 is 2.04 bits per heavy atom. The first-order chi connectivity index (χ1) is 10.6. The molecule has 0 unspecified atom stereocenters. The highest BCUT2D eigenvalue weighted by atomic mass is 35.5. The van der Waals surface area contributed by atoms with Crippen molar-refractivity contribution in [1.82, 2.24) is 15.1 Å². The van der Waals surface area contributed by atoms with Crippen LogP contribution in [0.1, 0.15) is 4.88 Å². The number of rotatable bonds is 4. The summed E-state index contributed by atoms with van der Waals surface area (Å²) in [5.74, 6) is 0.196. The van der Waals surface area contributed by atoms with Gasteiger partial charge in [-0.25, -0.2) is 0 Å². The van der Waals surface area contributed by atoms with Gasteiger partial charge in [0.1, 0.15) is 0 Å². The fourth-order valence-corrected chi connectivity index (χ4v) is 4.29. The number of nitrogens with one attached hydrogen (secondary N) is 1. The van der Waals surface area contributed by atoms with Crippen molar-refractivity contribution in [1.29, 1.82) is 0 Å². The summed E-state index contributed by atoms with van der Waals surface area (Å²) < 4.78 is 1.20. The van der Waals surface area contributed by atoms with Crippen LogP contribution in [0, 0.1) is 0 Å². The van der Waals surface area contributed by atoms with Gasteiger partial charge in [0.15, 0.2) is 0 Å². The average molecular weight is 374 g/mol. The van der Waals surface area contributed by atoms with E-state index < -0.39 is 0 Å². The number of thiophene rings is 1. The first-order valence-corrected chi connectivity index (χ1v) is 8.67. The largest absolute Gasteiger partial charge is 0.339 e. The van der Waals surface area contributed by atoms with Crippen molar-refractivity contribution in [2.24, 2.45) is 0 Å². The normalized spacial score (nSPS) is 15.0. The van der Waals surface area contributed by atoms with E-state index in [9.17, 15) is 4.79 Å².